The third-order valence-corrected chi connectivity index (χ3v) is 9.28. The van der Waals surface area contributed by atoms with Crippen molar-refractivity contribution >= 4 is 33.4 Å². The summed E-state index contributed by atoms with van der Waals surface area (Å²) in [6.45, 7) is 8.05. The number of likely N-dealkylation sites (tertiary alicyclic amines) is 1. The highest BCUT2D eigenvalue weighted by atomic mass is 32.1. The standard InChI is InChI=1S/C27H28F3N5O2S/c1-13-8-19(27(28,29)30)34-22(17(13)9-14-11-31-6-7-32-14)16-4-5-33-18-10-15(38-23(16)18)12-35-24(36)20-21(25(35)37)26(20,2)3/h4-5,8,10,14,20-21,31-32H,6-7,9,11-12H2,1-3H3. The van der Waals surface area contributed by atoms with E-state index in [0.29, 0.717) is 40.0 Å². The molecule has 1 saturated carbocycles. The molecule has 0 spiro atoms. The number of piperidine rings is 1. The van der Waals surface area contributed by atoms with E-state index in [9.17, 15) is 22.8 Å². The van der Waals surface area contributed by atoms with Crippen LogP contribution in [0.15, 0.2) is 24.4 Å². The summed E-state index contributed by atoms with van der Waals surface area (Å²) in [5.41, 5.74) is 1.54. The molecule has 2 saturated heterocycles. The fourth-order valence-corrected chi connectivity index (χ4v) is 7.11. The summed E-state index contributed by atoms with van der Waals surface area (Å²) in [4.78, 5) is 36.3. The van der Waals surface area contributed by atoms with Crippen LogP contribution in [-0.2, 0) is 28.7 Å². The Balaban J connectivity index is 1.39. The zero-order valence-corrected chi connectivity index (χ0v) is 22.1. The number of nitrogens with one attached hydrogen (secondary N) is 2. The van der Waals surface area contributed by atoms with Crippen molar-refractivity contribution in [2.24, 2.45) is 17.3 Å². The minimum atomic E-state index is -4.58. The second-order valence-electron chi connectivity index (χ2n) is 11.0. The SMILES string of the molecule is Cc1cc(C(F)(F)F)nc(-c2ccnc3cc(CN4C(=O)C5C(C4=O)C5(C)C)sc23)c1CC1CNCCN1. The fourth-order valence-electron chi connectivity index (χ4n) is 6.00. The number of aromatic nitrogens is 2. The molecule has 6 rings (SSSR count). The smallest absolute Gasteiger partial charge is 0.314 e. The second kappa shape index (κ2) is 8.82. The number of amides is 2. The van der Waals surface area contributed by atoms with E-state index in [0.717, 1.165) is 29.6 Å². The molecule has 0 bridgehead atoms. The zero-order chi connectivity index (χ0) is 27.0. The number of carbonyl (C=O) groups excluding carboxylic acids is 2. The van der Waals surface area contributed by atoms with Crippen molar-refractivity contribution in [3.63, 3.8) is 0 Å². The van der Waals surface area contributed by atoms with Crippen LogP contribution in [0.2, 0.25) is 0 Å². The number of fused-ring (bicyclic) bond motifs is 2. The first-order chi connectivity index (χ1) is 18.0. The summed E-state index contributed by atoms with van der Waals surface area (Å²) >= 11 is 1.34. The minimum Gasteiger partial charge on any atom is -0.314 e. The largest absolute Gasteiger partial charge is 0.433 e. The van der Waals surface area contributed by atoms with E-state index in [1.54, 1.807) is 19.2 Å². The lowest BCUT2D eigenvalue weighted by atomic mass is 9.94. The van der Waals surface area contributed by atoms with E-state index < -0.39 is 11.9 Å². The summed E-state index contributed by atoms with van der Waals surface area (Å²) in [6.07, 6.45) is -2.49. The Labute approximate surface area is 221 Å². The minimum absolute atomic E-state index is 0.0684. The lowest BCUT2D eigenvalue weighted by molar-refractivity contribution is -0.144. The van der Waals surface area contributed by atoms with Crippen LogP contribution in [0, 0.1) is 24.2 Å². The number of carbonyl (C=O) groups is 2. The number of rotatable bonds is 5. The third kappa shape index (κ3) is 4.11. The van der Waals surface area contributed by atoms with Gasteiger partial charge >= 0.3 is 6.18 Å². The predicted molar refractivity (Wildman–Crippen MR) is 137 cm³/mol. The molecule has 11 heteroatoms. The molecule has 7 nitrogen and oxygen atoms in total. The van der Waals surface area contributed by atoms with Gasteiger partial charge in [0.05, 0.1) is 34.3 Å². The molecule has 0 aromatic carbocycles. The van der Waals surface area contributed by atoms with Gasteiger partial charge in [-0.1, -0.05) is 13.8 Å². The van der Waals surface area contributed by atoms with Gasteiger partial charge in [0.1, 0.15) is 5.69 Å². The Morgan fingerprint density at radius 1 is 1.16 bits per heavy atom. The number of nitrogens with zero attached hydrogens (tertiary/aromatic N) is 3. The van der Waals surface area contributed by atoms with Crippen LogP contribution in [0.25, 0.3) is 21.5 Å². The van der Waals surface area contributed by atoms with E-state index in [4.69, 9.17) is 0 Å². The molecule has 5 heterocycles. The Bertz CT molecular complexity index is 1440. The van der Waals surface area contributed by atoms with Crippen LogP contribution in [0.4, 0.5) is 13.2 Å². The number of thiophene rings is 1. The number of aryl methyl sites for hydroxylation is 1. The molecule has 1 aliphatic carbocycles. The molecule has 3 atom stereocenters. The maximum absolute atomic E-state index is 13.8. The van der Waals surface area contributed by atoms with Gasteiger partial charge in [-0.3, -0.25) is 19.5 Å². The Hall–Kier alpha value is -2.89. The summed E-state index contributed by atoms with van der Waals surface area (Å²) in [7, 11) is 0. The maximum atomic E-state index is 13.8. The Kier molecular flexibility index (Phi) is 5.89. The highest BCUT2D eigenvalue weighted by Crippen LogP contribution is 2.63. The topological polar surface area (TPSA) is 87.2 Å². The Morgan fingerprint density at radius 3 is 2.55 bits per heavy atom. The number of piperazine rings is 1. The molecule has 3 aliphatic rings. The average molecular weight is 544 g/mol. The summed E-state index contributed by atoms with van der Waals surface area (Å²) < 4.78 is 42.1. The molecule has 2 N–H and O–H groups in total. The molecule has 3 fully saturated rings. The van der Waals surface area contributed by atoms with Gasteiger partial charge in [-0.05, 0) is 48.1 Å². The lowest BCUT2D eigenvalue weighted by Gasteiger charge is -2.26. The van der Waals surface area contributed by atoms with Crippen molar-refractivity contribution in [3.8, 4) is 11.3 Å². The first-order valence-corrected chi connectivity index (χ1v) is 13.5. The van der Waals surface area contributed by atoms with Gasteiger partial charge in [-0.2, -0.15) is 13.2 Å². The number of alkyl halides is 3. The van der Waals surface area contributed by atoms with Crippen LogP contribution in [-0.4, -0.2) is 52.4 Å². The number of halogens is 3. The second-order valence-corrected chi connectivity index (χ2v) is 12.2. The number of hydrogen-bond donors (Lipinski definition) is 2. The fraction of sp³-hybridized carbons (Fsp3) is 0.481. The molecule has 3 unspecified atom stereocenters. The summed E-state index contributed by atoms with van der Waals surface area (Å²) in [5, 5.41) is 6.75. The zero-order valence-electron chi connectivity index (χ0n) is 21.3. The predicted octanol–water partition coefficient (Wildman–Crippen LogP) is 3.93. The first kappa shape index (κ1) is 25.4. The summed E-state index contributed by atoms with van der Waals surface area (Å²) in [5.74, 6) is -0.829. The van der Waals surface area contributed by atoms with Gasteiger partial charge in [-0.25, -0.2) is 4.98 Å². The molecular weight excluding hydrogens is 515 g/mol. The Morgan fingerprint density at radius 2 is 1.89 bits per heavy atom. The monoisotopic (exact) mass is 543 g/mol. The van der Waals surface area contributed by atoms with Gasteiger partial charge in [0, 0.05) is 42.3 Å². The average Bonchev–Trinajstić information content (AvgIpc) is 3.10. The molecule has 38 heavy (non-hydrogen) atoms. The van der Waals surface area contributed by atoms with Gasteiger partial charge in [0.15, 0.2) is 0 Å². The van der Waals surface area contributed by atoms with Crippen molar-refractivity contribution in [2.75, 3.05) is 19.6 Å². The van der Waals surface area contributed by atoms with E-state index in [-0.39, 0.29) is 41.7 Å². The number of pyridine rings is 2. The van der Waals surface area contributed by atoms with E-state index >= 15 is 0 Å². The van der Waals surface area contributed by atoms with E-state index in [1.165, 1.54) is 16.2 Å². The third-order valence-electron chi connectivity index (χ3n) is 8.14. The summed E-state index contributed by atoms with van der Waals surface area (Å²) in [6, 6.07) is 4.69. The van der Waals surface area contributed by atoms with Crippen LogP contribution in [0.5, 0.6) is 0 Å². The van der Waals surface area contributed by atoms with Gasteiger partial charge in [0.25, 0.3) is 0 Å². The lowest BCUT2D eigenvalue weighted by Crippen LogP contribution is -2.49. The van der Waals surface area contributed by atoms with Crippen molar-refractivity contribution in [2.45, 2.75) is 46.0 Å². The maximum Gasteiger partial charge on any atom is 0.433 e. The highest BCUT2D eigenvalue weighted by Gasteiger charge is 2.72. The molecule has 2 aliphatic heterocycles. The molecular formula is C27H28F3N5O2S. The molecule has 200 valence electrons. The van der Waals surface area contributed by atoms with Crippen molar-refractivity contribution in [3.05, 3.63) is 46.1 Å². The molecule has 0 radical (unpaired) electrons. The van der Waals surface area contributed by atoms with E-state index in [1.807, 2.05) is 19.9 Å². The van der Waals surface area contributed by atoms with Crippen LogP contribution in [0.3, 0.4) is 0 Å². The molecule has 3 aromatic heterocycles. The quantitative estimate of drug-likeness (QED) is 0.475. The normalized spacial score (nSPS) is 24.8. The first-order valence-electron chi connectivity index (χ1n) is 12.7. The van der Waals surface area contributed by atoms with Gasteiger partial charge in [0.2, 0.25) is 11.8 Å². The van der Waals surface area contributed by atoms with Gasteiger partial charge < -0.3 is 10.6 Å². The van der Waals surface area contributed by atoms with E-state index in [2.05, 4.69) is 20.6 Å². The van der Waals surface area contributed by atoms with Crippen LogP contribution in [0.1, 0.15) is 35.5 Å². The molecule has 3 aromatic rings. The number of hydrogen-bond acceptors (Lipinski definition) is 7. The highest BCUT2D eigenvalue weighted by molar-refractivity contribution is 7.19. The van der Waals surface area contributed by atoms with Crippen LogP contribution < -0.4 is 10.6 Å². The number of imide groups is 1. The van der Waals surface area contributed by atoms with Gasteiger partial charge in [-0.15, -0.1) is 11.3 Å². The van der Waals surface area contributed by atoms with Crippen LogP contribution >= 0.6 is 11.3 Å². The molecule has 2 amide bonds. The van der Waals surface area contributed by atoms with Crippen molar-refractivity contribution < 1.29 is 22.8 Å². The van der Waals surface area contributed by atoms with Crippen molar-refractivity contribution in [1.82, 2.24) is 25.5 Å². The van der Waals surface area contributed by atoms with Crippen molar-refractivity contribution in [1.29, 1.82) is 0 Å².